The van der Waals surface area contributed by atoms with Gasteiger partial charge in [-0.1, -0.05) is 38.1 Å². The van der Waals surface area contributed by atoms with Crippen molar-refractivity contribution < 1.29 is 9.53 Å². The Hall–Kier alpha value is -2.29. The molecule has 0 unspecified atom stereocenters. The fourth-order valence-corrected chi connectivity index (χ4v) is 3.55. The molecule has 3 nitrogen and oxygen atoms in total. The number of nitrogens with one attached hydrogen (secondary N) is 1. The molecule has 1 N–H and O–H groups in total. The second kappa shape index (κ2) is 6.91. The molecule has 0 spiro atoms. The van der Waals surface area contributed by atoms with E-state index in [-0.39, 0.29) is 17.6 Å². The Bertz CT molecular complexity index is 777. The normalized spacial score (nSPS) is 18.2. The maximum absolute atomic E-state index is 12.8. The predicted octanol–water partition coefficient (Wildman–Crippen LogP) is 5.12. The molecule has 0 fully saturated rings. The van der Waals surface area contributed by atoms with Crippen LogP contribution in [0, 0.1) is 13.8 Å². The van der Waals surface area contributed by atoms with Crippen molar-refractivity contribution in [1.82, 2.24) is 5.32 Å². The van der Waals surface area contributed by atoms with E-state index in [1.165, 1.54) is 5.56 Å². The number of benzene rings is 2. The maximum atomic E-state index is 12.8. The minimum Gasteiger partial charge on any atom is -0.487 e. The molecule has 3 rings (SSSR count). The first-order valence-electron chi connectivity index (χ1n) is 9.14. The lowest BCUT2D eigenvalue weighted by atomic mass is 9.83. The first-order chi connectivity index (χ1) is 12.0. The summed E-state index contributed by atoms with van der Waals surface area (Å²) in [5.41, 5.74) is 3.90. The molecule has 0 saturated carbocycles. The summed E-state index contributed by atoms with van der Waals surface area (Å²) in [6.45, 7) is 8.40. The standard InChI is InChI=1S/C22H27NO2/c1-5-22(6-2)14-19(18-9-7-8-10-20(18)25-22)23-21(24)17-12-11-15(3)16(4)13-17/h7-13,19H,5-6,14H2,1-4H3,(H,23,24)/t19-/m1/s1. The van der Waals surface area contributed by atoms with Gasteiger partial charge >= 0.3 is 0 Å². The summed E-state index contributed by atoms with van der Waals surface area (Å²) >= 11 is 0. The molecule has 2 aromatic carbocycles. The van der Waals surface area contributed by atoms with E-state index < -0.39 is 0 Å². The summed E-state index contributed by atoms with van der Waals surface area (Å²) in [6, 6.07) is 13.9. The van der Waals surface area contributed by atoms with Gasteiger partial charge in [-0.3, -0.25) is 4.79 Å². The van der Waals surface area contributed by atoms with Crippen LogP contribution in [-0.4, -0.2) is 11.5 Å². The average molecular weight is 337 g/mol. The first kappa shape index (κ1) is 17.5. The average Bonchev–Trinajstić information content (AvgIpc) is 2.63. The zero-order chi connectivity index (χ0) is 18.0. The molecule has 132 valence electrons. The lowest BCUT2D eigenvalue weighted by Crippen LogP contribution is -2.44. The number of fused-ring (bicyclic) bond motifs is 1. The molecule has 1 heterocycles. The van der Waals surface area contributed by atoms with Gasteiger partial charge in [0.15, 0.2) is 0 Å². The minimum absolute atomic E-state index is 0.0223. The number of aryl methyl sites for hydroxylation is 2. The number of amides is 1. The van der Waals surface area contributed by atoms with Crippen LogP contribution in [0.3, 0.4) is 0 Å². The van der Waals surface area contributed by atoms with Gasteiger partial charge in [-0.25, -0.2) is 0 Å². The zero-order valence-electron chi connectivity index (χ0n) is 15.6. The predicted molar refractivity (Wildman–Crippen MR) is 101 cm³/mol. The molecule has 3 heteroatoms. The lowest BCUT2D eigenvalue weighted by molar-refractivity contribution is 0.0227. The SMILES string of the molecule is CCC1(CC)C[C@@H](NC(=O)c2ccc(C)c(C)c2)c2ccccc2O1. The molecule has 1 amide bonds. The maximum Gasteiger partial charge on any atom is 0.251 e. The second-order valence-electron chi connectivity index (χ2n) is 7.06. The van der Waals surface area contributed by atoms with Crippen LogP contribution >= 0.6 is 0 Å². The summed E-state index contributed by atoms with van der Waals surface area (Å²) in [7, 11) is 0. The molecule has 1 aliphatic rings. The highest BCUT2D eigenvalue weighted by atomic mass is 16.5. The Morgan fingerprint density at radius 3 is 2.52 bits per heavy atom. The van der Waals surface area contributed by atoms with Crippen molar-refractivity contribution in [3.8, 4) is 5.75 Å². The van der Waals surface area contributed by atoms with E-state index in [1.54, 1.807) is 0 Å². The third-order valence-electron chi connectivity index (χ3n) is 5.56. The number of hydrogen-bond acceptors (Lipinski definition) is 2. The highest BCUT2D eigenvalue weighted by Gasteiger charge is 2.38. The van der Waals surface area contributed by atoms with Gasteiger partial charge in [0.1, 0.15) is 11.4 Å². The van der Waals surface area contributed by atoms with Crippen molar-refractivity contribution in [1.29, 1.82) is 0 Å². The number of rotatable bonds is 4. The molecule has 0 aliphatic carbocycles. The minimum atomic E-state index is -0.213. The summed E-state index contributed by atoms with van der Waals surface area (Å²) in [5, 5.41) is 3.24. The fraction of sp³-hybridized carbons (Fsp3) is 0.409. The lowest BCUT2D eigenvalue weighted by Gasteiger charge is -2.41. The Balaban J connectivity index is 1.89. The van der Waals surface area contributed by atoms with Gasteiger partial charge in [0, 0.05) is 17.5 Å². The van der Waals surface area contributed by atoms with Gasteiger partial charge in [-0.15, -0.1) is 0 Å². The number of para-hydroxylation sites is 1. The number of carbonyl (C=O) groups is 1. The fourth-order valence-electron chi connectivity index (χ4n) is 3.55. The third kappa shape index (κ3) is 3.41. The molecule has 25 heavy (non-hydrogen) atoms. The molecule has 0 saturated heterocycles. The highest BCUT2D eigenvalue weighted by molar-refractivity contribution is 5.94. The first-order valence-corrected chi connectivity index (χ1v) is 9.14. The Kier molecular flexibility index (Phi) is 4.85. The van der Waals surface area contributed by atoms with Crippen LogP contribution in [0.1, 0.15) is 66.2 Å². The molecule has 0 aromatic heterocycles. The van der Waals surface area contributed by atoms with Crippen LogP contribution in [0.25, 0.3) is 0 Å². The smallest absolute Gasteiger partial charge is 0.251 e. The molecular weight excluding hydrogens is 310 g/mol. The van der Waals surface area contributed by atoms with E-state index >= 15 is 0 Å². The van der Waals surface area contributed by atoms with Gasteiger partial charge in [-0.2, -0.15) is 0 Å². The number of hydrogen-bond donors (Lipinski definition) is 1. The van der Waals surface area contributed by atoms with Crippen molar-refractivity contribution in [3.63, 3.8) is 0 Å². The summed E-state index contributed by atoms with van der Waals surface area (Å²) in [6.07, 6.45) is 2.65. The van der Waals surface area contributed by atoms with Crippen molar-refractivity contribution in [2.24, 2.45) is 0 Å². The van der Waals surface area contributed by atoms with Crippen molar-refractivity contribution in [2.75, 3.05) is 0 Å². The highest BCUT2D eigenvalue weighted by Crippen LogP contribution is 2.42. The second-order valence-corrected chi connectivity index (χ2v) is 7.06. The topological polar surface area (TPSA) is 38.3 Å². The number of ether oxygens (including phenoxy) is 1. The van der Waals surface area contributed by atoms with Crippen LogP contribution in [0.5, 0.6) is 5.75 Å². The van der Waals surface area contributed by atoms with Crippen LogP contribution in [0.4, 0.5) is 0 Å². The van der Waals surface area contributed by atoms with Crippen LogP contribution < -0.4 is 10.1 Å². The molecular formula is C22H27NO2. The molecule has 0 radical (unpaired) electrons. The Morgan fingerprint density at radius 1 is 1.12 bits per heavy atom. The van der Waals surface area contributed by atoms with Crippen LogP contribution in [0.15, 0.2) is 42.5 Å². The Morgan fingerprint density at radius 2 is 1.84 bits per heavy atom. The summed E-state index contributed by atoms with van der Waals surface area (Å²) in [4.78, 5) is 12.8. The van der Waals surface area contributed by atoms with E-state index in [0.29, 0.717) is 5.56 Å². The van der Waals surface area contributed by atoms with E-state index in [9.17, 15) is 4.79 Å². The van der Waals surface area contributed by atoms with Gasteiger partial charge in [0.25, 0.3) is 5.91 Å². The van der Waals surface area contributed by atoms with Gasteiger partial charge in [0.2, 0.25) is 0 Å². The molecule has 0 bridgehead atoms. The van der Waals surface area contributed by atoms with Gasteiger partial charge in [-0.05, 0) is 56.0 Å². The largest absolute Gasteiger partial charge is 0.487 e. The van der Waals surface area contributed by atoms with E-state index in [2.05, 4.69) is 32.2 Å². The van der Waals surface area contributed by atoms with Crippen molar-refractivity contribution in [3.05, 3.63) is 64.7 Å². The zero-order valence-corrected chi connectivity index (χ0v) is 15.6. The van der Waals surface area contributed by atoms with E-state index in [4.69, 9.17) is 4.74 Å². The molecule has 1 aliphatic heterocycles. The van der Waals surface area contributed by atoms with Crippen LogP contribution in [0.2, 0.25) is 0 Å². The Labute approximate surface area is 150 Å². The van der Waals surface area contributed by atoms with E-state index in [0.717, 1.165) is 36.1 Å². The van der Waals surface area contributed by atoms with Gasteiger partial charge < -0.3 is 10.1 Å². The molecule has 2 aromatic rings. The van der Waals surface area contributed by atoms with Crippen molar-refractivity contribution in [2.45, 2.75) is 58.6 Å². The number of carbonyl (C=O) groups excluding carboxylic acids is 1. The molecule has 1 atom stereocenters. The van der Waals surface area contributed by atoms with Gasteiger partial charge in [0.05, 0.1) is 6.04 Å². The monoisotopic (exact) mass is 337 g/mol. The van der Waals surface area contributed by atoms with E-state index in [1.807, 2.05) is 43.3 Å². The third-order valence-corrected chi connectivity index (χ3v) is 5.56. The van der Waals surface area contributed by atoms with Crippen LogP contribution in [-0.2, 0) is 0 Å². The summed E-state index contributed by atoms with van der Waals surface area (Å²) in [5.74, 6) is 0.869. The summed E-state index contributed by atoms with van der Waals surface area (Å²) < 4.78 is 6.32. The quantitative estimate of drug-likeness (QED) is 0.841. The van der Waals surface area contributed by atoms with Crippen molar-refractivity contribution >= 4 is 5.91 Å².